The van der Waals surface area contributed by atoms with Gasteiger partial charge in [0.25, 0.3) is 11.8 Å². The molecule has 0 saturated carbocycles. The SMILES string of the molecule is CCn1nc(C)cc1C(=O)Nc1nc2cc(C(N)=O)cc(OCCCOC)c2n1CCC[C@H]1CN(CCCO)c2cc(C(N)=O)cc3nc(NC(=O)c4cc(C)nn4CC)n1c23. The number of aromatic nitrogens is 8. The molecule has 0 bridgehead atoms. The number of primary amides is 2. The highest BCUT2D eigenvalue weighted by Crippen LogP contribution is 2.41. The molecule has 0 spiro atoms. The Labute approximate surface area is 357 Å². The number of aliphatic hydroxyl groups excluding tert-OH is 1. The van der Waals surface area contributed by atoms with Gasteiger partial charge < -0.3 is 40.1 Å². The van der Waals surface area contributed by atoms with Crippen LogP contribution in [0.5, 0.6) is 5.75 Å². The lowest BCUT2D eigenvalue weighted by Crippen LogP contribution is -2.37. The summed E-state index contributed by atoms with van der Waals surface area (Å²) in [6.45, 7) is 10.3. The number of imidazole rings is 2. The van der Waals surface area contributed by atoms with Gasteiger partial charge in [0, 0.05) is 70.6 Å². The van der Waals surface area contributed by atoms with Gasteiger partial charge in [-0.25, -0.2) is 9.97 Å². The number of nitrogens with two attached hydrogens (primary N) is 2. The van der Waals surface area contributed by atoms with E-state index in [1.54, 1.807) is 52.9 Å². The fourth-order valence-corrected chi connectivity index (χ4v) is 8.10. The summed E-state index contributed by atoms with van der Waals surface area (Å²) in [7, 11) is 1.60. The maximum Gasteiger partial charge on any atom is 0.276 e. The summed E-state index contributed by atoms with van der Waals surface area (Å²) >= 11 is 0. The second-order valence-corrected chi connectivity index (χ2v) is 15.2. The summed E-state index contributed by atoms with van der Waals surface area (Å²) in [6, 6.07) is 9.64. The van der Waals surface area contributed by atoms with Crippen LogP contribution in [0.1, 0.15) is 98.7 Å². The number of rotatable bonds is 20. The van der Waals surface area contributed by atoms with Gasteiger partial charge in [0.05, 0.1) is 46.3 Å². The van der Waals surface area contributed by atoms with Crippen molar-refractivity contribution in [3.63, 3.8) is 0 Å². The molecular formula is C42H53N13O7. The van der Waals surface area contributed by atoms with E-state index in [4.69, 9.17) is 30.9 Å². The molecule has 5 heterocycles. The first-order valence-corrected chi connectivity index (χ1v) is 20.7. The molecule has 20 heteroatoms. The number of benzene rings is 2. The Hall–Kier alpha value is -6.80. The number of ether oxygens (including phenoxy) is 2. The van der Waals surface area contributed by atoms with Gasteiger partial charge in [-0.2, -0.15) is 10.2 Å². The van der Waals surface area contributed by atoms with Gasteiger partial charge in [-0.15, -0.1) is 0 Å². The van der Waals surface area contributed by atoms with Crippen molar-refractivity contribution in [1.82, 2.24) is 38.7 Å². The van der Waals surface area contributed by atoms with Gasteiger partial charge in [-0.05, 0) is 83.4 Å². The van der Waals surface area contributed by atoms with Crippen molar-refractivity contribution in [3.8, 4) is 5.75 Å². The van der Waals surface area contributed by atoms with Gasteiger partial charge in [-0.3, -0.25) is 39.2 Å². The average Bonchev–Trinajstić information content (AvgIpc) is 4.02. The minimum atomic E-state index is -0.661. The predicted octanol–water partition coefficient (Wildman–Crippen LogP) is 3.78. The maximum atomic E-state index is 13.9. The zero-order valence-electron chi connectivity index (χ0n) is 35.6. The van der Waals surface area contributed by atoms with Crippen molar-refractivity contribution in [1.29, 1.82) is 0 Å². The third kappa shape index (κ3) is 8.68. The van der Waals surface area contributed by atoms with Gasteiger partial charge in [-0.1, -0.05) is 0 Å². The van der Waals surface area contributed by atoms with Crippen LogP contribution in [0.15, 0.2) is 36.4 Å². The van der Waals surface area contributed by atoms with Crippen molar-refractivity contribution in [3.05, 3.63) is 70.3 Å². The number of carbonyl (C=O) groups excluding carboxylic acids is 4. The minimum absolute atomic E-state index is 0.0426. The third-order valence-corrected chi connectivity index (χ3v) is 10.9. The van der Waals surface area contributed by atoms with E-state index in [2.05, 4.69) is 25.7 Å². The van der Waals surface area contributed by atoms with Crippen LogP contribution < -0.4 is 31.7 Å². The molecule has 0 fully saturated rings. The predicted molar refractivity (Wildman–Crippen MR) is 232 cm³/mol. The molecule has 62 heavy (non-hydrogen) atoms. The molecule has 7 rings (SSSR count). The van der Waals surface area contributed by atoms with E-state index in [-0.39, 0.29) is 42.3 Å². The molecule has 6 aromatic rings. The molecule has 2 aromatic carbocycles. The molecule has 0 aliphatic carbocycles. The smallest absolute Gasteiger partial charge is 0.276 e. The largest absolute Gasteiger partial charge is 0.491 e. The number of carbonyl (C=O) groups is 4. The van der Waals surface area contributed by atoms with Gasteiger partial charge in [0.1, 0.15) is 22.7 Å². The molecule has 0 radical (unpaired) electrons. The number of hydrogen-bond acceptors (Lipinski definition) is 12. The van der Waals surface area contributed by atoms with Crippen LogP contribution in [0, 0.1) is 13.8 Å². The van der Waals surface area contributed by atoms with Gasteiger partial charge in [0.15, 0.2) is 0 Å². The van der Waals surface area contributed by atoms with Crippen LogP contribution in [0.25, 0.3) is 22.1 Å². The summed E-state index contributed by atoms with van der Waals surface area (Å²) in [5.41, 5.74) is 16.9. The van der Waals surface area contributed by atoms with Crippen LogP contribution in [-0.4, -0.2) is 107 Å². The molecule has 4 aromatic heterocycles. The van der Waals surface area contributed by atoms with Crippen molar-refractivity contribution in [2.45, 2.75) is 79.1 Å². The van der Waals surface area contributed by atoms with Crippen molar-refractivity contribution in [2.75, 3.05) is 55.6 Å². The molecule has 1 atom stereocenters. The second kappa shape index (κ2) is 18.4. The van der Waals surface area contributed by atoms with E-state index in [0.717, 1.165) is 0 Å². The molecule has 7 N–H and O–H groups in total. The Kier molecular flexibility index (Phi) is 12.9. The first-order valence-electron chi connectivity index (χ1n) is 20.7. The standard InChI is InChI=1S/C42H53N13O7/c1-6-53-32(17-24(3)49-53)39(59)47-41-45-30-20-27(38(44)58)22-34(62-16-10-15-61-5)36(30)52(41)13-8-11-28-23-51(12-9-14-56)31-21-26(37(43)57)19-29-35(31)55(28)42(46-29)48-40(60)33-18-25(4)50-54(33)7-2/h17-22,28,56H,6-16,23H2,1-5H3,(H2,43,57)(H2,44,58)(H,45,47,59)(H,46,48,60)/t28-/m0/s1. The Balaban J connectivity index is 1.29. The molecular weight excluding hydrogens is 799 g/mol. The first-order chi connectivity index (χ1) is 29.8. The van der Waals surface area contributed by atoms with Crippen LogP contribution in [-0.2, 0) is 24.4 Å². The van der Waals surface area contributed by atoms with E-state index in [1.165, 1.54) is 0 Å². The number of amides is 4. The summed E-state index contributed by atoms with van der Waals surface area (Å²) in [4.78, 5) is 64.6. The highest BCUT2D eigenvalue weighted by molar-refractivity contribution is 6.06. The fraction of sp³-hybridized carbons (Fsp3) is 0.429. The number of nitrogens with one attached hydrogen (secondary N) is 2. The normalized spacial score (nSPS) is 13.6. The van der Waals surface area contributed by atoms with E-state index in [1.807, 2.05) is 36.8 Å². The quantitative estimate of drug-likeness (QED) is 0.0688. The van der Waals surface area contributed by atoms with Crippen molar-refractivity contribution in [2.24, 2.45) is 11.5 Å². The monoisotopic (exact) mass is 851 g/mol. The molecule has 1 aliphatic heterocycles. The number of methoxy groups -OCH3 is 1. The van der Waals surface area contributed by atoms with Gasteiger partial charge >= 0.3 is 0 Å². The van der Waals surface area contributed by atoms with Crippen LogP contribution >= 0.6 is 0 Å². The van der Waals surface area contributed by atoms with E-state index >= 15 is 0 Å². The highest BCUT2D eigenvalue weighted by atomic mass is 16.5. The van der Waals surface area contributed by atoms with Gasteiger partial charge in [0.2, 0.25) is 23.7 Å². The second-order valence-electron chi connectivity index (χ2n) is 15.2. The Morgan fingerprint density at radius 3 is 1.97 bits per heavy atom. The summed E-state index contributed by atoms with van der Waals surface area (Å²) < 4.78 is 18.6. The number of aryl methyl sites for hydroxylation is 5. The maximum absolute atomic E-state index is 13.9. The number of hydrogen-bond donors (Lipinski definition) is 5. The number of fused-ring (bicyclic) bond motifs is 1. The lowest BCUT2D eigenvalue weighted by atomic mass is 10.0. The molecule has 0 unspecified atom stereocenters. The number of nitrogens with zero attached hydrogens (tertiary/aromatic N) is 9. The molecule has 1 aliphatic rings. The van der Waals surface area contributed by atoms with E-state index in [9.17, 15) is 24.3 Å². The lowest BCUT2D eigenvalue weighted by Gasteiger charge is -2.36. The summed E-state index contributed by atoms with van der Waals surface area (Å²) in [5.74, 6) is -1.21. The average molecular weight is 852 g/mol. The van der Waals surface area contributed by atoms with E-state index in [0.29, 0.717) is 121 Å². The third-order valence-electron chi connectivity index (χ3n) is 10.9. The molecule has 0 saturated heterocycles. The van der Waals surface area contributed by atoms with Crippen LogP contribution in [0.4, 0.5) is 17.6 Å². The Morgan fingerprint density at radius 2 is 1.37 bits per heavy atom. The summed E-state index contributed by atoms with van der Waals surface area (Å²) in [6.07, 6.45) is 2.09. The topological polar surface area (TPSA) is 258 Å². The fourth-order valence-electron chi connectivity index (χ4n) is 8.10. The Bertz CT molecular complexity index is 2660. The first kappa shape index (κ1) is 43.3. The molecule has 328 valence electrons. The number of aliphatic hydroxyl groups is 1. The highest BCUT2D eigenvalue weighted by Gasteiger charge is 2.32. The van der Waals surface area contributed by atoms with E-state index < -0.39 is 23.6 Å². The van der Waals surface area contributed by atoms with Crippen molar-refractivity contribution < 1.29 is 33.8 Å². The van der Waals surface area contributed by atoms with Crippen LogP contribution in [0.2, 0.25) is 0 Å². The molecule has 20 nitrogen and oxygen atoms in total. The zero-order chi connectivity index (χ0) is 44.2. The summed E-state index contributed by atoms with van der Waals surface area (Å²) in [5, 5.41) is 24.8. The minimum Gasteiger partial charge on any atom is -0.491 e. The molecule has 4 amide bonds. The lowest BCUT2D eigenvalue weighted by molar-refractivity contribution is 0.0991. The zero-order valence-corrected chi connectivity index (χ0v) is 35.6. The number of anilines is 3. The van der Waals surface area contributed by atoms with Crippen molar-refractivity contribution >= 4 is 63.3 Å². The van der Waals surface area contributed by atoms with Crippen LogP contribution in [0.3, 0.4) is 0 Å². The Morgan fingerprint density at radius 1 is 0.774 bits per heavy atom.